The molecule has 0 amide bonds. The fourth-order valence-electron chi connectivity index (χ4n) is 3.87. The number of ether oxygens (including phenoxy) is 1. The van der Waals surface area contributed by atoms with Crippen LogP contribution in [0.1, 0.15) is 40.4 Å². The Balaban J connectivity index is 1.74. The number of aliphatic hydroxyl groups is 1. The first kappa shape index (κ1) is 16.8. The first-order chi connectivity index (χ1) is 12.5. The fraction of sp³-hybridized carbons (Fsp3) is 0.444. The van der Waals surface area contributed by atoms with Gasteiger partial charge in [-0.2, -0.15) is 9.78 Å². The normalized spacial score (nSPS) is 21.5. The van der Waals surface area contributed by atoms with Gasteiger partial charge in [-0.3, -0.25) is 4.79 Å². The van der Waals surface area contributed by atoms with E-state index in [1.54, 1.807) is 0 Å². The Bertz CT molecular complexity index is 880. The van der Waals surface area contributed by atoms with Gasteiger partial charge in [0.05, 0.1) is 30.5 Å². The zero-order chi connectivity index (χ0) is 18.4. The molecule has 0 saturated carbocycles. The summed E-state index contributed by atoms with van der Waals surface area (Å²) in [4.78, 5) is 13.2. The SMILES string of the molecule is COc1cc(F)cc2c1NCC[C@@H]2C(=O)n1nc2c(c1N)CC(O)CC2. The van der Waals surface area contributed by atoms with Crippen LogP contribution in [0, 0.1) is 5.82 Å². The molecule has 4 rings (SSSR count). The molecule has 2 aromatic rings. The number of nitrogens with two attached hydrogens (primary N) is 1. The molecule has 0 bridgehead atoms. The van der Waals surface area contributed by atoms with E-state index >= 15 is 0 Å². The lowest BCUT2D eigenvalue weighted by atomic mass is 9.89. The molecule has 4 N–H and O–H groups in total. The van der Waals surface area contributed by atoms with Crippen LogP contribution in [-0.4, -0.2) is 40.6 Å². The van der Waals surface area contributed by atoms with E-state index in [1.165, 1.54) is 23.9 Å². The van der Waals surface area contributed by atoms with Crippen LogP contribution in [0.15, 0.2) is 12.1 Å². The van der Waals surface area contributed by atoms with Crippen molar-refractivity contribution in [3.05, 3.63) is 34.8 Å². The third kappa shape index (κ3) is 2.61. The van der Waals surface area contributed by atoms with Gasteiger partial charge >= 0.3 is 0 Å². The van der Waals surface area contributed by atoms with Gasteiger partial charge in [-0.05, 0) is 30.9 Å². The van der Waals surface area contributed by atoms with Crippen LogP contribution in [0.25, 0.3) is 0 Å². The maximum absolute atomic E-state index is 14.0. The number of methoxy groups -OCH3 is 1. The minimum absolute atomic E-state index is 0.271. The zero-order valence-electron chi connectivity index (χ0n) is 14.5. The van der Waals surface area contributed by atoms with Crippen LogP contribution in [0.2, 0.25) is 0 Å². The third-order valence-corrected chi connectivity index (χ3v) is 5.19. The van der Waals surface area contributed by atoms with E-state index in [1.807, 2.05) is 0 Å². The molecular formula is C18H21FN4O3. The summed E-state index contributed by atoms with van der Waals surface area (Å²) in [6, 6.07) is 2.65. The van der Waals surface area contributed by atoms with E-state index in [2.05, 4.69) is 10.4 Å². The second-order valence-corrected chi connectivity index (χ2v) is 6.80. The van der Waals surface area contributed by atoms with Crippen molar-refractivity contribution in [1.29, 1.82) is 0 Å². The largest absolute Gasteiger partial charge is 0.494 e. The molecule has 0 radical (unpaired) electrons. The molecule has 1 aliphatic heterocycles. The van der Waals surface area contributed by atoms with Gasteiger partial charge in [0, 0.05) is 24.6 Å². The lowest BCUT2D eigenvalue weighted by molar-refractivity contribution is 0.0859. The number of nitrogen functional groups attached to an aromatic ring is 1. The number of benzene rings is 1. The van der Waals surface area contributed by atoms with Gasteiger partial charge in [0.2, 0.25) is 0 Å². The first-order valence-electron chi connectivity index (χ1n) is 8.69. The van der Waals surface area contributed by atoms with E-state index in [0.29, 0.717) is 49.2 Å². The van der Waals surface area contributed by atoms with Gasteiger partial charge < -0.3 is 20.9 Å². The Morgan fingerprint density at radius 3 is 3.04 bits per heavy atom. The van der Waals surface area contributed by atoms with Crippen molar-refractivity contribution in [1.82, 2.24) is 9.78 Å². The summed E-state index contributed by atoms with van der Waals surface area (Å²) in [5.41, 5.74) is 8.83. The average Bonchev–Trinajstić information content (AvgIpc) is 2.96. The summed E-state index contributed by atoms with van der Waals surface area (Å²) < 4.78 is 20.5. The lowest BCUT2D eigenvalue weighted by Gasteiger charge is -2.27. The Labute approximate surface area is 149 Å². The molecule has 1 aromatic carbocycles. The highest BCUT2D eigenvalue weighted by atomic mass is 19.1. The Morgan fingerprint density at radius 2 is 2.27 bits per heavy atom. The van der Waals surface area contributed by atoms with Crippen LogP contribution < -0.4 is 15.8 Å². The number of hydrogen-bond acceptors (Lipinski definition) is 6. The average molecular weight is 360 g/mol. The molecule has 0 fully saturated rings. The second kappa shape index (κ2) is 6.28. The van der Waals surface area contributed by atoms with Gasteiger partial charge in [0.25, 0.3) is 5.91 Å². The van der Waals surface area contributed by atoms with Crippen LogP contribution >= 0.6 is 0 Å². The lowest BCUT2D eigenvalue weighted by Crippen LogP contribution is -2.29. The van der Waals surface area contributed by atoms with Gasteiger partial charge in [-0.1, -0.05) is 0 Å². The molecule has 0 spiro atoms. The molecule has 2 heterocycles. The van der Waals surface area contributed by atoms with E-state index in [9.17, 15) is 14.3 Å². The molecule has 7 nitrogen and oxygen atoms in total. The quantitative estimate of drug-likeness (QED) is 0.753. The molecule has 8 heteroatoms. The van der Waals surface area contributed by atoms with Crippen molar-refractivity contribution in [2.24, 2.45) is 0 Å². The Morgan fingerprint density at radius 1 is 1.46 bits per heavy atom. The second-order valence-electron chi connectivity index (χ2n) is 6.80. The number of carbonyl (C=O) groups is 1. The summed E-state index contributed by atoms with van der Waals surface area (Å²) in [7, 11) is 1.47. The monoisotopic (exact) mass is 360 g/mol. The van der Waals surface area contributed by atoms with E-state index in [4.69, 9.17) is 10.5 Å². The number of anilines is 2. The molecule has 1 unspecified atom stereocenters. The predicted octanol–water partition coefficient (Wildman–Crippen LogP) is 1.70. The predicted molar refractivity (Wildman–Crippen MR) is 94.1 cm³/mol. The van der Waals surface area contributed by atoms with Crippen molar-refractivity contribution in [2.45, 2.75) is 37.7 Å². The number of hydrogen-bond donors (Lipinski definition) is 3. The standard InChI is InChI=1S/C18H21FN4O3/c1-26-15-7-9(19)6-12-11(4-5-21-16(12)15)18(25)23-17(20)13-8-10(24)2-3-14(13)22-23/h6-7,10-11,21,24H,2-5,8,20H2,1H3/t10?,11-/m0/s1. The highest BCUT2D eigenvalue weighted by Gasteiger charge is 2.33. The number of aliphatic hydroxyl groups excluding tert-OH is 1. The molecule has 1 aromatic heterocycles. The maximum Gasteiger partial charge on any atom is 0.256 e. The van der Waals surface area contributed by atoms with Crippen LogP contribution in [0.4, 0.5) is 15.9 Å². The van der Waals surface area contributed by atoms with Gasteiger partial charge in [0.15, 0.2) is 0 Å². The fourth-order valence-corrected chi connectivity index (χ4v) is 3.87. The van der Waals surface area contributed by atoms with Crippen molar-refractivity contribution in [3.8, 4) is 5.75 Å². The highest BCUT2D eigenvalue weighted by Crippen LogP contribution is 2.40. The maximum atomic E-state index is 14.0. The number of fused-ring (bicyclic) bond motifs is 2. The summed E-state index contributed by atoms with van der Waals surface area (Å²) in [6.45, 7) is 0.561. The molecule has 2 aliphatic rings. The summed E-state index contributed by atoms with van der Waals surface area (Å²) in [5.74, 6) is -0.676. The summed E-state index contributed by atoms with van der Waals surface area (Å²) in [5, 5.41) is 17.4. The Kier molecular flexibility index (Phi) is 4.07. The topological polar surface area (TPSA) is 102 Å². The summed E-state index contributed by atoms with van der Waals surface area (Å²) >= 11 is 0. The number of nitrogens with zero attached hydrogens (tertiary/aromatic N) is 2. The van der Waals surface area contributed by atoms with Gasteiger partial charge in [-0.25, -0.2) is 4.39 Å². The van der Waals surface area contributed by atoms with E-state index in [0.717, 1.165) is 11.3 Å². The smallest absolute Gasteiger partial charge is 0.256 e. The number of aryl methyl sites for hydroxylation is 1. The van der Waals surface area contributed by atoms with Crippen LogP contribution in [-0.2, 0) is 12.8 Å². The molecule has 0 saturated heterocycles. The number of carbonyl (C=O) groups excluding carboxylic acids is 1. The Hall–Kier alpha value is -2.61. The minimum atomic E-state index is -0.565. The number of nitrogens with one attached hydrogen (secondary N) is 1. The molecule has 138 valence electrons. The third-order valence-electron chi connectivity index (χ3n) is 5.19. The van der Waals surface area contributed by atoms with E-state index < -0.39 is 17.8 Å². The van der Waals surface area contributed by atoms with Crippen molar-refractivity contribution in [3.63, 3.8) is 0 Å². The zero-order valence-corrected chi connectivity index (χ0v) is 14.5. The van der Waals surface area contributed by atoms with E-state index in [-0.39, 0.29) is 11.7 Å². The molecular weight excluding hydrogens is 339 g/mol. The summed E-state index contributed by atoms with van der Waals surface area (Å²) in [6.07, 6.45) is 1.64. The van der Waals surface area contributed by atoms with Crippen molar-refractivity contribution < 1.29 is 19.0 Å². The van der Waals surface area contributed by atoms with Crippen LogP contribution in [0.3, 0.4) is 0 Å². The number of aromatic nitrogens is 2. The van der Waals surface area contributed by atoms with Gasteiger partial charge in [0.1, 0.15) is 17.4 Å². The molecule has 1 aliphatic carbocycles. The number of halogens is 1. The van der Waals surface area contributed by atoms with Crippen LogP contribution in [0.5, 0.6) is 5.75 Å². The van der Waals surface area contributed by atoms with Crippen molar-refractivity contribution in [2.75, 3.05) is 24.7 Å². The highest BCUT2D eigenvalue weighted by molar-refractivity contribution is 5.91. The first-order valence-corrected chi connectivity index (χ1v) is 8.69. The number of rotatable bonds is 2. The minimum Gasteiger partial charge on any atom is -0.494 e. The van der Waals surface area contributed by atoms with Gasteiger partial charge in [-0.15, -0.1) is 0 Å². The molecule has 26 heavy (non-hydrogen) atoms. The van der Waals surface area contributed by atoms with Crippen molar-refractivity contribution >= 4 is 17.4 Å². The molecule has 2 atom stereocenters.